The Morgan fingerprint density at radius 1 is 1.75 bits per heavy atom. The molecule has 0 aromatic heterocycles. The molecule has 0 amide bonds. The monoisotopic (exact) mass is 115 g/mol. The summed E-state index contributed by atoms with van der Waals surface area (Å²) in [6.07, 6.45) is 3.80. The summed E-state index contributed by atoms with van der Waals surface area (Å²) in [6, 6.07) is -0.227. The topological polar surface area (TPSA) is 43.1 Å². The Hall–Kier alpha value is -0.370. The van der Waals surface area contributed by atoms with E-state index >= 15 is 0 Å². The lowest BCUT2D eigenvalue weighted by atomic mass is 10.1. The average Bonchev–Trinajstić information content (AvgIpc) is 1.83. The summed E-state index contributed by atoms with van der Waals surface area (Å²) in [5.41, 5.74) is 5.29. The lowest BCUT2D eigenvalue weighted by Gasteiger charge is -1.98. The van der Waals surface area contributed by atoms with Crippen molar-refractivity contribution in [1.82, 2.24) is 0 Å². The standard InChI is InChI=1S/C6H13NO/c1-2-3-4-6(7)5-8/h5-6H,2-4,7H2,1H3. The van der Waals surface area contributed by atoms with Gasteiger partial charge < -0.3 is 10.5 Å². The molecule has 2 N–H and O–H groups in total. The van der Waals surface area contributed by atoms with Crippen molar-refractivity contribution < 1.29 is 4.79 Å². The van der Waals surface area contributed by atoms with Gasteiger partial charge in [0.2, 0.25) is 0 Å². The molecule has 0 aliphatic carbocycles. The SMILES string of the molecule is CCCCC(N)C=O. The molecule has 8 heavy (non-hydrogen) atoms. The van der Waals surface area contributed by atoms with Crippen LogP contribution in [0.3, 0.4) is 0 Å². The van der Waals surface area contributed by atoms with Crippen LogP contribution in [0, 0.1) is 0 Å². The van der Waals surface area contributed by atoms with Crippen LogP contribution in [-0.2, 0) is 4.79 Å². The van der Waals surface area contributed by atoms with Crippen LogP contribution in [0.4, 0.5) is 0 Å². The fourth-order valence-corrected chi connectivity index (χ4v) is 0.508. The minimum absolute atomic E-state index is 0.227. The Morgan fingerprint density at radius 3 is 2.75 bits per heavy atom. The van der Waals surface area contributed by atoms with Gasteiger partial charge in [-0.1, -0.05) is 19.8 Å². The molecule has 0 aromatic carbocycles. The van der Waals surface area contributed by atoms with Gasteiger partial charge in [-0.3, -0.25) is 0 Å². The van der Waals surface area contributed by atoms with Gasteiger partial charge >= 0.3 is 0 Å². The lowest BCUT2D eigenvalue weighted by molar-refractivity contribution is -0.109. The van der Waals surface area contributed by atoms with E-state index in [0.29, 0.717) is 0 Å². The Labute approximate surface area is 50.1 Å². The molecule has 0 heterocycles. The molecular formula is C6H13NO. The van der Waals surface area contributed by atoms with Crippen LogP contribution in [0.5, 0.6) is 0 Å². The number of carbonyl (C=O) groups excluding carboxylic acids is 1. The maximum Gasteiger partial charge on any atom is 0.136 e. The number of nitrogens with two attached hydrogens (primary N) is 1. The van der Waals surface area contributed by atoms with Crippen LogP contribution < -0.4 is 5.73 Å². The largest absolute Gasteiger partial charge is 0.322 e. The molecule has 2 heteroatoms. The van der Waals surface area contributed by atoms with Gasteiger partial charge in [0.05, 0.1) is 6.04 Å². The zero-order valence-corrected chi connectivity index (χ0v) is 5.26. The van der Waals surface area contributed by atoms with Crippen molar-refractivity contribution in [1.29, 1.82) is 0 Å². The quantitative estimate of drug-likeness (QED) is 0.548. The third kappa shape index (κ3) is 3.81. The van der Waals surface area contributed by atoms with E-state index in [2.05, 4.69) is 6.92 Å². The first-order valence-electron chi connectivity index (χ1n) is 3.02. The van der Waals surface area contributed by atoms with Crippen molar-refractivity contribution in [2.75, 3.05) is 0 Å². The summed E-state index contributed by atoms with van der Waals surface area (Å²) in [5.74, 6) is 0. The molecule has 0 bridgehead atoms. The molecule has 0 aliphatic rings. The smallest absolute Gasteiger partial charge is 0.136 e. The number of aldehydes is 1. The summed E-state index contributed by atoms with van der Waals surface area (Å²) in [4.78, 5) is 9.89. The van der Waals surface area contributed by atoms with Gasteiger partial charge in [0.15, 0.2) is 0 Å². The van der Waals surface area contributed by atoms with Crippen molar-refractivity contribution in [3.8, 4) is 0 Å². The van der Waals surface area contributed by atoms with Crippen LogP contribution >= 0.6 is 0 Å². The highest BCUT2D eigenvalue weighted by Crippen LogP contribution is 1.94. The number of carbonyl (C=O) groups is 1. The molecule has 0 rings (SSSR count). The third-order valence-corrected chi connectivity index (χ3v) is 1.07. The first-order chi connectivity index (χ1) is 3.81. The summed E-state index contributed by atoms with van der Waals surface area (Å²) in [5, 5.41) is 0. The Morgan fingerprint density at radius 2 is 2.38 bits per heavy atom. The van der Waals surface area contributed by atoms with Gasteiger partial charge in [0, 0.05) is 0 Å². The first kappa shape index (κ1) is 7.63. The molecule has 0 aromatic rings. The number of rotatable bonds is 4. The number of hydrogen-bond acceptors (Lipinski definition) is 2. The fourth-order valence-electron chi connectivity index (χ4n) is 0.508. The fraction of sp³-hybridized carbons (Fsp3) is 0.833. The second kappa shape index (κ2) is 4.78. The van der Waals surface area contributed by atoms with Crippen molar-refractivity contribution in [3.63, 3.8) is 0 Å². The molecule has 2 nitrogen and oxygen atoms in total. The molecule has 0 saturated carbocycles. The predicted octanol–water partition coefficient (Wildman–Crippen LogP) is 0.703. The molecular weight excluding hydrogens is 102 g/mol. The summed E-state index contributed by atoms with van der Waals surface area (Å²) in [7, 11) is 0. The van der Waals surface area contributed by atoms with Crippen LogP contribution in [0.1, 0.15) is 26.2 Å². The molecule has 1 unspecified atom stereocenters. The van der Waals surface area contributed by atoms with E-state index < -0.39 is 0 Å². The zero-order valence-electron chi connectivity index (χ0n) is 5.26. The Bertz CT molecular complexity index is 63.5. The molecule has 0 radical (unpaired) electrons. The second-order valence-electron chi connectivity index (χ2n) is 1.94. The highest BCUT2D eigenvalue weighted by Gasteiger charge is 1.95. The number of unbranched alkanes of at least 4 members (excludes halogenated alkanes) is 1. The normalized spacial score (nSPS) is 13.2. The van der Waals surface area contributed by atoms with Gasteiger partial charge in [-0.2, -0.15) is 0 Å². The van der Waals surface area contributed by atoms with E-state index in [-0.39, 0.29) is 6.04 Å². The van der Waals surface area contributed by atoms with Gasteiger partial charge in [0.25, 0.3) is 0 Å². The van der Waals surface area contributed by atoms with Gasteiger partial charge in [0.1, 0.15) is 6.29 Å². The number of hydrogen-bond donors (Lipinski definition) is 1. The minimum atomic E-state index is -0.227. The summed E-state index contributed by atoms with van der Waals surface area (Å²) >= 11 is 0. The minimum Gasteiger partial charge on any atom is -0.322 e. The van der Waals surface area contributed by atoms with Crippen molar-refractivity contribution in [3.05, 3.63) is 0 Å². The molecule has 1 atom stereocenters. The average molecular weight is 115 g/mol. The van der Waals surface area contributed by atoms with E-state index in [1.54, 1.807) is 0 Å². The Balaban J connectivity index is 2.98. The van der Waals surface area contributed by atoms with Crippen LogP contribution in [0.2, 0.25) is 0 Å². The zero-order chi connectivity index (χ0) is 6.41. The van der Waals surface area contributed by atoms with Gasteiger partial charge in [-0.15, -0.1) is 0 Å². The van der Waals surface area contributed by atoms with Gasteiger partial charge in [-0.25, -0.2) is 0 Å². The lowest BCUT2D eigenvalue weighted by Crippen LogP contribution is -2.20. The Kier molecular flexibility index (Phi) is 4.56. The molecule has 48 valence electrons. The van der Waals surface area contributed by atoms with Gasteiger partial charge in [-0.05, 0) is 6.42 Å². The van der Waals surface area contributed by atoms with E-state index in [0.717, 1.165) is 25.5 Å². The van der Waals surface area contributed by atoms with Crippen molar-refractivity contribution in [2.45, 2.75) is 32.2 Å². The highest BCUT2D eigenvalue weighted by atomic mass is 16.1. The van der Waals surface area contributed by atoms with E-state index in [1.807, 2.05) is 0 Å². The third-order valence-electron chi connectivity index (χ3n) is 1.07. The maximum atomic E-state index is 9.89. The second-order valence-corrected chi connectivity index (χ2v) is 1.94. The highest BCUT2D eigenvalue weighted by molar-refractivity contribution is 5.56. The van der Waals surface area contributed by atoms with Crippen molar-refractivity contribution >= 4 is 6.29 Å². The van der Waals surface area contributed by atoms with Crippen LogP contribution in [0.25, 0.3) is 0 Å². The van der Waals surface area contributed by atoms with E-state index in [4.69, 9.17) is 5.73 Å². The van der Waals surface area contributed by atoms with Crippen LogP contribution in [0.15, 0.2) is 0 Å². The van der Waals surface area contributed by atoms with Crippen molar-refractivity contribution in [2.24, 2.45) is 5.73 Å². The van der Waals surface area contributed by atoms with E-state index in [1.165, 1.54) is 0 Å². The molecule has 0 spiro atoms. The molecule has 0 fully saturated rings. The summed E-state index contributed by atoms with van der Waals surface area (Å²) < 4.78 is 0. The van der Waals surface area contributed by atoms with E-state index in [9.17, 15) is 4.79 Å². The molecule has 0 saturated heterocycles. The summed E-state index contributed by atoms with van der Waals surface area (Å²) in [6.45, 7) is 2.08. The maximum absolute atomic E-state index is 9.89. The van der Waals surface area contributed by atoms with Crippen LogP contribution in [-0.4, -0.2) is 12.3 Å². The first-order valence-corrected chi connectivity index (χ1v) is 3.02. The molecule has 0 aliphatic heterocycles. The predicted molar refractivity (Wildman–Crippen MR) is 33.6 cm³/mol.